The molecule has 0 aromatic carbocycles. The van der Waals surface area contributed by atoms with E-state index in [0.717, 1.165) is 25.0 Å². The summed E-state index contributed by atoms with van der Waals surface area (Å²) in [4.78, 5) is 12.0. The van der Waals surface area contributed by atoms with Gasteiger partial charge in [-0.2, -0.15) is 0 Å². The van der Waals surface area contributed by atoms with Crippen LogP contribution in [0.3, 0.4) is 0 Å². The van der Waals surface area contributed by atoms with Gasteiger partial charge in [-0.25, -0.2) is 0 Å². The van der Waals surface area contributed by atoms with Gasteiger partial charge in [0.1, 0.15) is 5.69 Å². The van der Waals surface area contributed by atoms with Crippen molar-refractivity contribution < 1.29 is 9.90 Å². The van der Waals surface area contributed by atoms with Crippen LogP contribution in [0.1, 0.15) is 42.4 Å². The van der Waals surface area contributed by atoms with E-state index in [1.807, 2.05) is 30.7 Å². The number of aliphatic hydroxyl groups is 1. The van der Waals surface area contributed by atoms with E-state index < -0.39 is 0 Å². The zero-order chi connectivity index (χ0) is 13.5. The van der Waals surface area contributed by atoms with Crippen molar-refractivity contribution in [3.05, 3.63) is 23.5 Å². The monoisotopic (exact) mass is 252 g/mol. The second-order valence-corrected chi connectivity index (χ2v) is 4.80. The first-order valence-electron chi connectivity index (χ1n) is 6.61. The normalized spacial score (nSPS) is 12.4. The smallest absolute Gasteiger partial charge is 0.267 e. The van der Waals surface area contributed by atoms with Crippen LogP contribution in [0.5, 0.6) is 0 Å². The van der Waals surface area contributed by atoms with Crippen molar-refractivity contribution >= 4 is 5.91 Å². The third kappa shape index (κ3) is 3.88. The lowest BCUT2D eigenvalue weighted by atomic mass is 10.0. The summed E-state index contributed by atoms with van der Waals surface area (Å²) in [5.74, 6) is 0.329. The van der Waals surface area contributed by atoms with Gasteiger partial charge >= 0.3 is 0 Å². The third-order valence-corrected chi connectivity index (χ3v) is 3.39. The van der Waals surface area contributed by atoms with E-state index >= 15 is 0 Å². The number of aliphatic hydroxyl groups excluding tert-OH is 1. The molecule has 0 fully saturated rings. The van der Waals surface area contributed by atoms with Crippen molar-refractivity contribution in [2.45, 2.75) is 33.1 Å². The molecule has 0 saturated heterocycles. The second kappa shape index (κ2) is 7.21. The molecule has 1 aromatic heterocycles. The Morgan fingerprint density at radius 3 is 2.67 bits per heavy atom. The molecule has 1 heterocycles. The Kier molecular flexibility index (Phi) is 5.92. The summed E-state index contributed by atoms with van der Waals surface area (Å²) in [6.45, 7) is 4.91. The lowest BCUT2D eigenvalue weighted by Gasteiger charge is -2.15. The lowest BCUT2D eigenvalue weighted by Crippen LogP contribution is -2.31. The van der Waals surface area contributed by atoms with Gasteiger partial charge in [-0.15, -0.1) is 0 Å². The maximum atomic E-state index is 12.0. The van der Waals surface area contributed by atoms with E-state index in [1.54, 1.807) is 0 Å². The highest BCUT2D eigenvalue weighted by molar-refractivity contribution is 5.92. The second-order valence-electron chi connectivity index (χ2n) is 4.80. The van der Waals surface area contributed by atoms with E-state index in [0.29, 0.717) is 18.2 Å². The number of aromatic nitrogens is 1. The van der Waals surface area contributed by atoms with Gasteiger partial charge in [0.25, 0.3) is 5.91 Å². The Bertz CT molecular complexity index is 379. The summed E-state index contributed by atoms with van der Waals surface area (Å²) in [7, 11) is 1.89. The summed E-state index contributed by atoms with van der Waals surface area (Å²) in [6.07, 6.45) is 2.86. The number of hydrogen-bond acceptors (Lipinski definition) is 2. The molecule has 0 radical (unpaired) electrons. The van der Waals surface area contributed by atoms with Gasteiger partial charge in [0.05, 0.1) is 0 Å². The summed E-state index contributed by atoms with van der Waals surface area (Å²) >= 11 is 0. The quantitative estimate of drug-likeness (QED) is 0.778. The molecule has 1 atom stereocenters. The highest BCUT2D eigenvalue weighted by atomic mass is 16.3. The number of nitrogens with one attached hydrogen (secondary N) is 1. The fraction of sp³-hybridized carbons (Fsp3) is 0.643. The van der Waals surface area contributed by atoms with Crippen molar-refractivity contribution in [1.82, 2.24) is 9.88 Å². The van der Waals surface area contributed by atoms with Gasteiger partial charge in [-0.1, -0.05) is 13.3 Å². The molecule has 2 N–H and O–H groups in total. The Hall–Kier alpha value is -1.29. The summed E-state index contributed by atoms with van der Waals surface area (Å²) in [6, 6.07) is 3.78. The Morgan fingerprint density at radius 1 is 1.44 bits per heavy atom. The minimum absolute atomic E-state index is 0.0374. The fourth-order valence-corrected chi connectivity index (χ4v) is 2.11. The largest absolute Gasteiger partial charge is 0.396 e. The molecule has 0 bridgehead atoms. The number of amides is 1. The van der Waals surface area contributed by atoms with Crippen molar-refractivity contribution in [2.24, 2.45) is 13.0 Å². The van der Waals surface area contributed by atoms with Crippen LogP contribution in [-0.2, 0) is 7.05 Å². The van der Waals surface area contributed by atoms with E-state index in [2.05, 4.69) is 12.2 Å². The third-order valence-electron chi connectivity index (χ3n) is 3.39. The number of hydrogen-bond donors (Lipinski definition) is 2. The molecular formula is C14H24N2O2. The minimum Gasteiger partial charge on any atom is -0.396 e. The molecule has 18 heavy (non-hydrogen) atoms. The van der Waals surface area contributed by atoms with Crippen LogP contribution in [0.4, 0.5) is 0 Å². The van der Waals surface area contributed by atoms with Crippen LogP contribution in [0, 0.1) is 12.8 Å². The van der Waals surface area contributed by atoms with Crippen molar-refractivity contribution in [3.8, 4) is 0 Å². The average Bonchev–Trinajstić information content (AvgIpc) is 2.67. The SMILES string of the molecule is CCCC(CCO)CNC(=O)c1ccc(C)n1C. The molecule has 0 aliphatic carbocycles. The van der Waals surface area contributed by atoms with Crippen LogP contribution >= 0.6 is 0 Å². The van der Waals surface area contributed by atoms with Gasteiger partial charge in [-0.05, 0) is 37.8 Å². The average molecular weight is 252 g/mol. The van der Waals surface area contributed by atoms with Gasteiger partial charge in [0.2, 0.25) is 0 Å². The molecule has 4 heteroatoms. The minimum atomic E-state index is -0.0374. The number of aryl methyl sites for hydroxylation is 1. The Labute approximate surface area is 109 Å². The van der Waals surface area contributed by atoms with E-state index in [-0.39, 0.29) is 12.5 Å². The first-order valence-corrected chi connectivity index (χ1v) is 6.61. The molecule has 1 unspecified atom stereocenters. The number of nitrogens with zero attached hydrogens (tertiary/aromatic N) is 1. The van der Waals surface area contributed by atoms with Crippen molar-refractivity contribution in [3.63, 3.8) is 0 Å². The van der Waals surface area contributed by atoms with Crippen LogP contribution in [0.15, 0.2) is 12.1 Å². The topological polar surface area (TPSA) is 54.3 Å². The highest BCUT2D eigenvalue weighted by Gasteiger charge is 2.13. The molecule has 0 aliphatic rings. The molecule has 102 valence electrons. The number of carbonyl (C=O) groups excluding carboxylic acids is 1. The van der Waals surface area contributed by atoms with Crippen LogP contribution in [-0.4, -0.2) is 28.7 Å². The van der Waals surface area contributed by atoms with Gasteiger partial charge in [0.15, 0.2) is 0 Å². The zero-order valence-corrected chi connectivity index (χ0v) is 11.6. The molecule has 1 rings (SSSR count). The first-order chi connectivity index (χ1) is 8.60. The van der Waals surface area contributed by atoms with Crippen LogP contribution in [0.25, 0.3) is 0 Å². The Balaban J connectivity index is 2.51. The van der Waals surface area contributed by atoms with Gasteiger partial charge in [-0.3, -0.25) is 4.79 Å². The molecule has 4 nitrogen and oxygen atoms in total. The highest BCUT2D eigenvalue weighted by Crippen LogP contribution is 2.10. The van der Waals surface area contributed by atoms with Crippen LogP contribution < -0.4 is 5.32 Å². The molecule has 0 spiro atoms. The van der Waals surface area contributed by atoms with E-state index in [9.17, 15) is 4.79 Å². The number of carbonyl (C=O) groups is 1. The van der Waals surface area contributed by atoms with E-state index in [4.69, 9.17) is 5.11 Å². The first kappa shape index (κ1) is 14.8. The molecule has 0 aliphatic heterocycles. The van der Waals surface area contributed by atoms with Crippen molar-refractivity contribution in [2.75, 3.05) is 13.2 Å². The maximum Gasteiger partial charge on any atom is 0.267 e. The predicted octanol–water partition coefficient (Wildman–Crippen LogP) is 1.86. The fourth-order valence-electron chi connectivity index (χ4n) is 2.11. The molecular weight excluding hydrogens is 228 g/mol. The van der Waals surface area contributed by atoms with Gasteiger partial charge < -0.3 is 15.0 Å². The molecule has 1 amide bonds. The van der Waals surface area contributed by atoms with E-state index in [1.165, 1.54) is 0 Å². The summed E-state index contributed by atoms with van der Waals surface area (Å²) < 4.78 is 1.89. The molecule has 1 aromatic rings. The maximum absolute atomic E-state index is 12.0. The van der Waals surface area contributed by atoms with Crippen molar-refractivity contribution in [1.29, 1.82) is 0 Å². The van der Waals surface area contributed by atoms with Crippen LogP contribution in [0.2, 0.25) is 0 Å². The predicted molar refractivity (Wildman–Crippen MR) is 72.6 cm³/mol. The summed E-state index contributed by atoms with van der Waals surface area (Å²) in [5, 5.41) is 11.9. The molecule has 0 saturated carbocycles. The zero-order valence-electron chi connectivity index (χ0n) is 11.6. The lowest BCUT2D eigenvalue weighted by molar-refractivity contribution is 0.0934. The standard InChI is InChI=1S/C14H24N2O2/c1-4-5-12(8-9-17)10-15-14(18)13-7-6-11(2)16(13)3/h6-7,12,17H,4-5,8-10H2,1-3H3,(H,15,18). The summed E-state index contributed by atoms with van der Waals surface area (Å²) in [5.41, 5.74) is 1.76. The number of rotatable bonds is 7. The Morgan fingerprint density at radius 2 is 2.17 bits per heavy atom. The van der Waals surface area contributed by atoms with Gasteiger partial charge in [0, 0.05) is 25.9 Å².